The Balaban J connectivity index is 2.18. The molecule has 0 aliphatic carbocycles. The molecule has 2 aromatic rings. The maximum absolute atomic E-state index is 5.95. The van der Waals surface area contributed by atoms with Gasteiger partial charge in [-0.05, 0) is 46.3 Å². The molecular formula is C21H31N3O2. The Kier molecular flexibility index (Phi) is 6.86. The summed E-state index contributed by atoms with van der Waals surface area (Å²) in [6.07, 6.45) is 0. The van der Waals surface area contributed by atoms with Crippen LogP contribution in [0, 0.1) is 13.8 Å². The number of aromatic nitrogens is 2. The van der Waals surface area contributed by atoms with Gasteiger partial charge in [0.15, 0.2) is 11.5 Å². The number of hydrogen-bond donors (Lipinski definition) is 1. The van der Waals surface area contributed by atoms with Gasteiger partial charge in [0, 0.05) is 36.0 Å². The molecule has 0 radical (unpaired) electrons. The third-order valence-electron chi connectivity index (χ3n) is 4.51. The number of nitrogens with one attached hydrogen (secondary N) is 1. The van der Waals surface area contributed by atoms with E-state index in [1.807, 2.05) is 19.1 Å². The minimum absolute atomic E-state index is 0.190. The summed E-state index contributed by atoms with van der Waals surface area (Å²) < 4.78 is 13.5. The summed E-state index contributed by atoms with van der Waals surface area (Å²) >= 11 is 0. The fourth-order valence-electron chi connectivity index (χ4n) is 3.23. The predicted octanol–water partition coefficient (Wildman–Crippen LogP) is 4.33. The number of ether oxygens (including phenoxy) is 2. The minimum Gasteiger partial charge on any atom is -0.493 e. The number of methoxy groups -OCH3 is 1. The molecule has 0 saturated carbocycles. The van der Waals surface area contributed by atoms with Crippen LogP contribution in [-0.2, 0) is 13.1 Å². The summed E-state index contributed by atoms with van der Waals surface area (Å²) in [7, 11) is 1.66. The highest BCUT2D eigenvalue weighted by molar-refractivity contribution is 5.47. The van der Waals surface area contributed by atoms with Gasteiger partial charge >= 0.3 is 0 Å². The van der Waals surface area contributed by atoms with E-state index in [2.05, 4.69) is 55.4 Å². The fourth-order valence-corrected chi connectivity index (χ4v) is 3.23. The van der Waals surface area contributed by atoms with Crippen molar-refractivity contribution in [3.8, 4) is 11.5 Å². The first kappa shape index (κ1) is 20.0. The second kappa shape index (κ2) is 8.90. The van der Waals surface area contributed by atoms with Gasteiger partial charge in [-0.1, -0.05) is 18.7 Å². The molecule has 0 spiro atoms. The van der Waals surface area contributed by atoms with Gasteiger partial charge in [0.25, 0.3) is 0 Å². The lowest BCUT2D eigenvalue weighted by Gasteiger charge is -2.18. The zero-order chi connectivity index (χ0) is 19.3. The highest BCUT2D eigenvalue weighted by atomic mass is 16.5. The zero-order valence-electron chi connectivity index (χ0n) is 16.8. The Hall–Kier alpha value is -2.27. The molecule has 0 saturated heterocycles. The SMILES string of the molecule is C=C(C)COc1c(CN[C@H](C)c2c(C)nn(CC)c2C)cccc1OC. The van der Waals surface area contributed by atoms with Gasteiger partial charge in [-0.15, -0.1) is 0 Å². The topological polar surface area (TPSA) is 48.3 Å². The van der Waals surface area contributed by atoms with E-state index in [9.17, 15) is 0 Å². The minimum atomic E-state index is 0.190. The number of aryl methyl sites for hydroxylation is 2. The molecule has 1 N–H and O–H groups in total. The van der Waals surface area contributed by atoms with Crippen molar-refractivity contribution < 1.29 is 9.47 Å². The van der Waals surface area contributed by atoms with Crippen LogP contribution >= 0.6 is 0 Å². The molecular weight excluding hydrogens is 326 g/mol. The van der Waals surface area contributed by atoms with E-state index in [4.69, 9.17) is 9.47 Å². The first-order chi connectivity index (χ1) is 12.4. The van der Waals surface area contributed by atoms with Crippen LogP contribution < -0.4 is 14.8 Å². The molecule has 1 heterocycles. The van der Waals surface area contributed by atoms with Crippen molar-refractivity contribution in [1.29, 1.82) is 0 Å². The van der Waals surface area contributed by atoms with E-state index in [1.165, 1.54) is 11.3 Å². The maximum atomic E-state index is 5.95. The van der Waals surface area contributed by atoms with Crippen LogP contribution in [0.4, 0.5) is 0 Å². The van der Waals surface area contributed by atoms with Crippen molar-refractivity contribution in [3.05, 3.63) is 52.9 Å². The van der Waals surface area contributed by atoms with E-state index in [1.54, 1.807) is 7.11 Å². The van der Waals surface area contributed by atoms with Crippen LogP contribution in [0.3, 0.4) is 0 Å². The molecule has 0 unspecified atom stereocenters. The molecule has 0 aliphatic rings. The second-order valence-electron chi connectivity index (χ2n) is 6.70. The molecule has 2 rings (SSSR count). The summed E-state index contributed by atoms with van der Waals surface area (Å²) in [5, 5.41) is 8.22. The van der Waals surface area contributed by atoms with Crippen molar-refractivity contribution in [1.82, 2.24) is 15.1 Å². The molecule has 1 aromatic heterocycles. The number of para-hydroxylation sites is 1. The summed E-state index contributed by atoms with van der Waals surface area (Å²) in [6.45, 7) is 16.4. The van der Waals surface area contributed by atoms with Crippen LogP contribution in [0.2, 0.25) is 0 Å². The fraction of sp³-hybridized carbons (Fsp3) is 0.476. The monoisotopic (exact) mass is 357 g/mol. The van der Waals surface area contributed by atoms with Crippen LogP contribution in [0.25, 0.3) is 0 Å². The van der Waals surface area contributed by atoms with Crippen molar-refractivity contribution in [2.24, 2.45) is 0 Å². The average molecular weight is 357 g/mol. The van der Waals surface area contributed by atoms with Gasteiger partial charge in [0.2, 0.25) is 0 Å². The maximum Gasteiger partial charge on any atom is 0.166 e. The van der Waals surface area contributed by atoms with Crippen molar-refractivity contribution >= 4 is 0 Å². The number of hydrogen-bond acceptors (Lipinski definition) is 4. The van der Waals surface area contributed by atoms with Gasteiger partial charge in [-0.3, -0.25) is 4.68 Å². The molecule has 1 aromatic carbocycles. The van der Waals surface area contributed by atoms with Crippen LogP contribution in [0.5, 0.6) is 11.5 Å². The molecule has 0 fully saturated rings. The predicted molar refractivity (Wildman–Crippen MR) is 106 cm³/mol. The molecule has 26 heavy (non-hydrogen) atoms. The largest absolute Gasteiger partial charge is 0.493 e. The van der Waals surface area contributed by atoms with Gasteiger partial charge < -0.3 is 14.8 Å². The van der Waals surface area contributed by atoms with Crippen LogP contribution in [0.15, 0.2) is 30.4 Å². The molecule has 0 amide bonds. The first-order valence-electron chi connectivity index (χ1n) is 9.09. The van der Waals surface area contributed by atoms with Gasteiger partial charge in [-0.25, -0.2) is 0 Å². The summed E-state index contributed by atoms with van der Waals surface area (Å²) in [5.41, 5.74) is 5.60. The summed E-state index contributed by atoms with van der Waals surface area (Å²) in [5.74, 6) is 1.51. The molecule has 142 valence electrons. The highest BCUT2D eigenvalue weighted by Gasteiger charge is 2.18. The molecule has 0 bridgehead atoms. The standard InChI is InChI=1S/C21H31N3O2/c1-8-24-17(6)20(16(5)23-24)15(4)22-12-18-10-9-11-19(25-7)21(18)26-13-14(2)3/h9-11,15,22H,2,8,12-13H2,1,3-7H3/t15-/m1/s1. The Morgan fingerprint density at radius 3 is 2.65 bits per heavy atom. The normalized spacial score (nSPS) is 12.1. The second-order valence-corrected chi connectivity index (χ2v) is 6.70. The molecule has 1 atom stereocenters. The summed E-state index contributed by atoms with van der Waals surface area (Å²) in [4.78, 5) is 0. The van der Waals surface area contributed by atoms with E-state index < -0.39 is 0 Å². The van der Waals surface area contributed by atoms with Crippen LogP contribution in [-0.4, -0.2) is 23.5 Å². The van der Waals surface area contributed by atoms with Gasteiger partial charge in [0.05, 0.1) is 12.8 Å². The van der Waals surface area contributed by atoms with Crippen molar-refractivity contribution in [2.75, 3.05) is 13.7 Å². The lowest BCUT2D eigenvalue weighted by atomic mass is 10.1. The molecule has 5 nitrogen and oxygen atoms in total. The number of benzene rings is 1. The third-order valence-corrected chi connectivity index (χ3v) is 4.51. The molecule has 5 heteroatoms. The van der Waals surface area contributed by atoms with Crippen molar-refractivity contribution in [3.63, 3.8) is 0 Å². The number of rotatable bonds is 9. The lowest BCUT2D eigenvalue weighted by molar-refractivity contribution is 0.315. The van der Waals surface area contributed by atoms with Crippen LogP contribution in [0.1, 0.15) is 49.3 Å². The summed E-state index contributed by atoms with van der Waals surface area (Å²) in [6, 6.07) is 6.15. The zero-order valence-corrected chi connectivity index (χ0v) is 16.8. The smallest absolute Gasteiger partial charge is 0.166 e. The van der Waals surface area contributed by atoms with Crippen molar-refractivity contribution in [2.45, 2.75) is 53.8 Å². The van der Waals surface area contributed by atoms with E-state index in [-0.39, 0.29) is 6.04 Å². The Morgan fingerprint density at radius 1 is 1.35 bits per heavy atom. The quantitative estimate of drug-likeness (QED) is 0.679. The van der Waals surface area contributed by atoms with Gasteiger partial charge in [-0.2, -0.15) is 5.10 Å². The van der Waals surface area contributed by atoms with E-state index in [0.717, 1.165) is 34.9 Å². The lowest BCUT2D eigenvalue weighted by Crippen LogP contribution is -2.20. The Bertz CT molecular complexity index is 765. The third kappa shape index (κ3) is 4.47. The number of nitrogens with zero attached hydrogens (tertiary/aromatic N) is 2. The Morgan fingerprint density at radius 2 is 2.08 bits per heavy atom. The van der Waals surface area contributed by atoms with E-state index >= 15 is 0 Å². The Labute approximate surface area is 157 Å². The molecule has 0 aliphatic heterocycles. The van der Waals surface area contributed by atoms with E-state index in [0.29, 0.717) is 13.2 Å². The average Bonchev–Trinajstić information content (AvgIpc) is 2.91. The highest BCUT2D eigenvalue weighted by Crippen LogP contribution is 2.32. The van der Waals surface area contributed by atoms with Gasteiger partial charge in [0.1, 0.15) is 6.61 Å². The first-order valence-corrected chi connectivity index (χ1v) is 9.09.